The van der Waals surface area contributed by atoms with Gasteiger partial charge in [-0.05, 0) is 50.1 Å². The van der Waals surface area contributed by atoms with Crippen LogP contribution >= 0.6 is 0 Å². The molecule has 0 unspecified atom stereocenters. The van der Waals surface area contributed by atoms with Gasteiger partial charge in [0, 0.05) is 24.7 Å². The van der Waals surface area contributed by atoms with E-state index >= 15 is 0 Å². The molecule has 0 fully saturated rings. The molecule has 0 N–H and O–H groups in total. The number of carbonyl (C=O) groups is 2. The van der Waals surface area contributed by atoms with Crippen molar-refractivity contribution in [1.82, 2.24) is 4.57 Å². The fraction of sp³-hybridized carbons (Fsp3) is 0.259. The average molecular weight is 432 g/mol. The van der Waals surface area contributed by atoms with Gasteiger partial charge in [-0.2, -0.15) is 0 Å². The topological polar surface area (TPSA) is 57.5 Å². The number of nitrogens with zero attached hydrogens (tertiary/aromatic N) is 1. The Kier molecular flexibility index (Phi) is 8.44. The molecule has 166 valence electrons. The zero-order valence-electron chi connectivity index (χ0n) is 18.6. The molecule has 3 aromatic rings. The van der Waals surface area contributed by atoms with Crippen LogP contribution in [-0.4, -0.2) is 29.5 Å². The van der Waals surface area contributed by atoms with Crippen LogP contribution in [0.1, 0.15) is 46.9 Å². The van der Waals surface area contributed by atoms with Crippen molar-refractivity contribution in [1.29, 1.82) is 0 Å². The zero-order valence-corrected chi connectivity index (χ0v) is 18.6. The summed E-state index contributed by atoms with van der Waals surface area (Å²) in [7, 11) is 0. The molecule has 1 aromatic heterocycles. The van der Waals surface area contributed by atoms with Crippen molar-refractivity contribution in [3.05, 3.63) is 95.3 Å². The van der Waals surface area contributed by atoms with E-state index in [0.717, 1.165) is 16.9 Å². The highest BCUT2D eigenvalue weighted by atomic mass is 16.5. The summed E-state index contributed by atoms with van der Waals surface area (Å²) in [5, 5.41) is 0. The number of esters is 1. The van der Waals surface area contributed by atoms with Crippen molar-refractivity contribution >= 4 is 17.8 Å². The number of rotatable bonds is 11. The van der Waals surface area contributed by atoms with Gasteiger partial charge in [0.2, 0.25) is 5.78 Å². The smallest absolute Gasteiger partial charge is 0.305 e. The Morgan fingerprint density at radius 3 is 2.62 bits per heavy atom. The van der Waals surface area contributed by atoms with Gasteiger partial charge in [0.25, 0.3) is 0 Å². The lowest BCUT2D eigenvalue weighted by Crippen LogP contribution is -2.09. The first-order valence-electron chi connectivity index (χ1n) is 10.9. The summed E-state index contributed by atoms with van der Waals surface area (Å²) in [6.07, 6.45) is 6.91. The highest BCUT2D eigenvalue weighted by molar-refractivity contribution is 6.08. The van der Waals surface area contributed by atoms with E-state index in [4.69, 9.17) is 9.47 Å². The first-order chi connectivity index (χ1) is 15.6. The van der Waals surface area contributed by atoms with Gasteiger partial charge >= 0.3 is 5.97 Å². The third-order valence-corrected chi connectivity index (χ3v) is 4.95. The second kappa shape index (κ2) is 11.7. The molecular weight excluding hydrogens is 402 g/mol. The molecule has 0 bridgehead atoms. The van der Waals surface area contributed by atoms with Gasteiger partial charge in [0.1, 0.15) is 5.75 Å². The lowest BCUT2D eigenvalue weighted by Gasteiger charge is -2.08. The molecular formula is C27H29NO4. The lowest BCUT2D eigenvalue weighted by molar-refractivity contribution is -0.143. The van der Waals surface area contributed by atoms with Crippen LogP contribution in [0.25, 0.3) is 6.08 Å². The molecule has 2 aromatic carbocycles. The maximum absolute atomic E-state index is 12.8. The fourth-order valence-electron chi connectivity index (χ4n) is 3.28. The highest BCUT2D eigenvalue weighted by Crippen LogP contribution is 2.16. The summed E-state index contributed by atoms with van der Waals surface area (Å²) in [6, 6.07) is 19.1. The molecule has 0 aliphatic carbocycles. The van der Waals surface area contributed by atoms with Crippen molar-refractivity contribution in [3.8, 4) is 5.75 Å². The number of carbonyl (C=O) groups excluding carboxylic acids is 2. The number of hydrogen-bond donors (Lipinski definition) is 0. The molecule has 0 atom stereocenters. The van der Waals surface area contributed by atoms with Crippen molar-refractivity contribution in [3.63, 3.8) is 0 Å². The Morgan fingerprint density at radius 1 is 1.03 bits per heavy atom. The molecule has 0 aliphatic heterocycles. The van der Waals surface area contributed by atoms with Crippen molar-refractivity contribution < 1.29 is 19.1 Å². The molecule has 0 amide bonds. The SMILES string of the molecule is CCOC(=O)CCCOc1cccc(C=CCn2cccc2C(=O)c2ccc(C)cc2)c1. The van der Waals surface area contributed by atoms with E-state index in [0.29, 0.717) is 43.9 Å². The molecule has 3 rings (SSSR count). The maximum Gasteiger partial charge on any atom is 0.305 e. The number of aromatic nitrogens is 1. The monoisotopic (exact) mass is 431 g/mol. The highest BCUT2D eigenvalue weighted by Gasteiger charge is 2.12. The summed E-state index contributed by atoms with van der Waals surface area (Å²) >= 11 is 0. The summed E-state index contributed by atoms with van der Waals surface area (Å²) < 4.78 is 12.6. The Bertz CT molecular complexity index is 1060. The minimum absolute atomic E-state index is 0.0154. The van der Waals surface area contributed by atoms with Crippen LogP contribution in [0.2, 0.25) is 0 Å². The third-order valence-electron chi connectivity index (χ3n) is 4.95. The van der Waals surface area contributed by atoms with E-state index in [-0.39, 0.29) is 11.8 Å². The van der Waals surface area contributed by atoms with E-state index in [1.807, 2.05) is 90.5 Å². The predicted molar refractivity (Wildman–Crippen MR) is 126 cm³/mol. The zero-order chi connectivity index (χ0) is 22.8. The number of aryl methyl sites for hydroxylation is 1. The first kappa shape index (κ1) is 23.1. The van der Waals surface area contributed by atoms with Crippen molar-refractivity contribution in [2.45, 2.75) is 33.2 Å². The largest absolute Gasteiger partial charge is 0.494 e. The van der Waals surface area contributed by atoms with Gasteiger partial charge in [-0.25, -0.2) is 0 Å². The van der Waals surface area contributed by atoms with E-state index in [9.17, 15) is 9.59 Å². The molecule has 0 aliphatic rings. The van der Waals surface area contributed by atoms with Crippen LogP contribution in [-0.2, 0) is 16.1 Å². The van der Waals surface area contributed by atoms with Crippen LogP contribution < -0.4 is 4.74 Å². The number of ketones is 1. The number of hydrogen-bond acceptors (Lipinski definition) is 4. The summed E-state index contributed by atoms with van der Waals surface area (Å²) in [5.74, 6) is 0.576. The minimum Gasteiger partial charge on any atom is -0.494 e. The number of benzene rings is 2. The van der Waals surface area contributed by atoms with Gasteiger partial charge in [0.05, 0.1) is 18.9 Å². The normalized spacial score (nSPS) is 10.9. The molecule has 1 heterocycles. The summed E-state index contributed by atoms with van der Waals surface area (Å²) in [4.78, 5) is 24.2. The first-order valence-corrected chi connectivity index (χ1v) is 10.9. The van der Waals surface area contributed by atoms with E-state index < -0.39 is 0 Å². The van der Waals surface area contributed by atoms with E-state index in [2.05, 4.69) is 0 Å². The van der Waals surface area contributed by atoms with Crippen molar-refractivity contribution in [2.75, 3.05) is 13.2 Å². The van der Waals surface area contributed by atoms with Crippen LogP contribution in [0, 0.1) is 6.92 Å². The van der Waals surface area contributed by atoms with Gasteiger partial charge in [-0.1, -0.05) is 54.1 Å². The number of allylic oxidation sites excluding steroid dienone is 1. The van der Waals surface area contributed by atoms with Crippen LogP contribution in [0.5, 0.6) is 5.75 Å². The van der Waals surface area contributed by atoms with Gasteiger partial charge in [-0.3, -0.25) is 9.59 Å². The average Bonchev–Trinajstić information content (AvgIpc) is 3.26. The predicted octanol–water partition coefficient (Wildman–Crippen LogP) is 5.46. The number of ether oxygens (including phenoxy) is 2. The van der Waals surface area contributed by atoms with Crippen LogP contribution in [0.3, 0.4) is 0 Å². The van der Waals surface area contributed by atoms with E-state index in [1.165, 1.54) is 0 Å². The van der Waals surface area contributed by atoms with E-state index in [1.54, 1.807) is 6.92 Å². The Morgan fingerprint density at radius 2 is 1.84 bits per heavy atom. The van der Waals surface area contributed by atoms with Gasteiger partial charge in [-0.15, -0.1) is 0 Å². The molecule has 5 nitrogen and oxygen atoms in total. The standard InChI is InChI=1S/C27H29NO4/c1-3-31-26(29)12-7-19-32-24-10-4-8-22(20-24)9-5-17-28-18-6-11-25(28)27(30)23-15-13-21(2)14-16-23/h4-6,8-11,13-16,18,20H,3,7,12,17,19H2,1-2H3. The summed E-state index contributed by atoms with van der Waals surface area (Å²) in [5.41, 5.74) is 3.49. The summed E-state index contributed by atoms with van der Waals surface area (Å²) in [6.45, 7) is 5.25. The lowest BCUT2D eigenvalue weighted by atomic mass is 10.1. The molecule has 5 heteroatoms. The Labute approximate surface area is 189 Å². The van der Waals surface area contributed by atoms with Gasteiger partial charge in [0.15, 0.2) is 0 Å². The minimum atomic E-state index is -0.196. The fourth-order valence-corrected chi connectivity index (χ4v) is 3.28. The molecule has 32 heavy (non-hydrogen) atoms. The molecule has 0 saturated carbocycles. The van der Waals surface area contributed by atoms with Gasteiger partial charge < -0.3 is 14.0 Å². The molecule has 0 spiro atoms. The maximum atomic E-state index is 12.8. The molecule has 0 radical (unpaired) electrons. The second-order valence-corrected chi connectivity index (χ2v) is 7.47. The van der Waals surface area contributed by atoms with Crippen LogP contribution in [0.4, 0.5) is 0 Å². The Hall–Kier alpha value is -3.60. The Balaban J connectivity index is 1.55. The third kappa shape index (κ3) is 6.71. The second-order valence-electron chi connectivity index (χ2n) is 7.47. The quantitative estimate of drug-likeness (QED) is 0.230. The molecule has 0 saturated heterocycles. The van der Waals surface area contributed by atoms with Crippen molar-refractivity contribution in [2.24, 2.45) is 0 Å². The van der Waals surface area contributed by atoms with Crippen LogP contribution in [0.15, 0.2) is 72.9 Å².